The van der Waals surface area contributed by atoms with Crippen LogP contribution in [0, 0.1) is 24.4 Å². The smallest absolute Gasteiger partial charge is 0.164 e. The molecule has 0 bridgehead atoms. The number of halogens is 3. The van der Waals surface area contributed by atoms with Crippen molar-refractivity contribution in [2.45, 2.75) is 32.6 Å². The number of rotatable bonds is 7. The Labute approximate surface area is 146 Å². The number of nitrogens with zero attached hydrogens (tertiary/aromatic N) is 2. The van der Waals surface area contributed by atoms with Crippen LogP contribution in [0.5, 0.6) is 0 Å². The van der Waals surface area contributed by atoms with Crippen LogP contribution in [0.2, 0.25) is 0 Å². The van der Waals surface area contributed by atoms with Crippen LogP contribution in [-0.2, 0) is 19.3 Å². The summed E-state index contributed by atoms with van der Waals surface area (Å²) in [5.74, 6) is -2.42. The monoisotopic (exact) mass is 351 g/mol. The van der Waals surface area contributed by atoms with E-state index < -0.39 is 17.5 Å². The summed E-state index contributed by atoms with van der Waals surface area (Å²) >= 11 is 0. The number of aryl methyl sites for hydroxylation is 3. The molecule has 0 unspecified atom stereocenters. The lowest BCUT2D eigenvalue weighted by Gasteiger charge is -2.13. The molecule has 0 aliphatic rings. The first kappa shape index (κ1) is 19.2. The Balaban J connectivity index is 2.19. The van der Waals surface area contributed by atoms with E-state index in [1.807, 2.05) is 32.0 Å². The summed E-state index contributed by atoms with van der Waals surface area (Å²) in [7, 11) is 3.82. The lowest BCUT2D eigenvalue weighted by atomic mass is 9.99. The van der Waals surface area contributed by atoms with E-state index >= 15 is 0 Å². The molecule has 2 rings (SSSR count). The molecule has 0 amide bonds. The largest absolute Gasteiger partial charge is 0.384 e. The quantitative estimate of drug-likeness (QED) is 0.774. The van der Waals surface area contributed by atoms with Crippen LogP contribution in [0.4, 0.5) is 19.0 Å². The first-order valence-electron chi connectivity index (χ1n) is 8.31. The van der Waals surface area contributed by atoms with E-state index in [1.54, 1.807) is 6.07 Å². The maximum absolute atomic E-state index is 14.6. The predicted molar refractivity (Wildman–Crippen MR) is 94.0 cm³/mol. The Morgan fingerprint density at radius 3 is 2.36 bits per heavy atom. The summed E-state index contributed by atoms with van der Waals surface area (Å²) in [5.41, 5.74) is 7.24. The molecule has 3 nitrogen and oxygen atoms in total. The van der Waals surface area contributed by atoms with Crippen LogP contribution in [0.3, 0.4) is 0 Å². The molecule has 0 radical (unpaired) electrons. The first-order valence-corrected chi connectivity index (χ1v) is 8.31. The number of pyridine rings is 1. The van der Waals surface area contributed by atoms with Crippen molar-refractivity contribution in [2.75, 3.05) is 26.4 Å². The van der Waals surface area contributed by atoms with Gasteiger partial charge in [0.1, 0.15) is 11.6 Å². The van der Waals surface area contributed by atoms with Crippen molar-refractivity contribution in [3.8, 4) is 0 Å². The lowest BCUT2D eigenvalue weighted by molar-refractivity contribution is 0.397. The van der Waals surface area contributed by atoms with Crippen LogP contribution in [-0.4, -0.2) is 30.5 Å². The highest BCUT2D eigenvalue weighted by Crippen LogP contribution is 2.23. The Kier molecular flexibility index (Phi) is 6.42. The van der Waals surface area contributed by atoms with Crippen molar-refractivity contribution in [1.29, 1.82) is 0 Å². The normalized spacial score (nSPS) is 11.3. The van der Waals surface area contributed by atoms with Crippen LogP contribution in [0.25, 0.3) is 0 Å². The standard InChI is InChI=1S/C19H24F3N3/c1-12-9-14(24-17(23)10-12)6-7-15-18(21)13(5-4-8-25(2)3)11-16(20)19(15)22/h9-11H,4-8H2,1-3H3,(H2,23,24). The zero-order chi connectivity index (χ0) is 18.6. The predicted octanol–water partition coefficient (Wildman–Crippen LogP) is 3.67. The summed E-state index contributed by atoms with van der Waals surface area (Å²) in [4.78, 5) is 6.12. The summed E-state index contributed by atoms with van der Waals surface area (Å²) in [6.45, 7) is 2.62. The Morgan fingerprint density at radius 2 is 1.72 bits per heavy atom. The molecule has 0 atom stereocenters. The van der Waals surface area contributed by atoms with Crippen molar-refractivity contribution in [3.05, 3.63) is 58.0 Å². The molecule has 0 fully saturated rings. The second-order valence-electron chi connectivity index (χ2n) is 6.59. The van der Waals surface area contributed by atoms with Crippen molar-refractivity contribution in [1.82, 2.24) is 9.88 Å². The van der Waals surface area contributed by atoms with Gasteiger partial charge < -0.3 is 10.6 Å². The maximum Gasteiger partial charge on any atom is 0.164 e. The van der Waals surface area contributed by atoms with Gasteiger partial charge in [-0.15, -0.1) is 0 Å². The minimum Gasteiger partial charge on any atom is -0.384 e. The summed E-state index contributed by atoms with van der Waals surface area (Å²) in [6, 6.07) is 4.49. The van der Waals surface area contributed by atoms with Gasteiger partial charge >= 0.3 is 0 Å². The van der Waals surface area contributed by atoms with E-state index in [0.29, 0.717) is 30.8 Å². The number of nitrogens with two attached hydrogens (primary N) is 1. The minimum atomic E-state index is -1.12. The number of benzene rings is 1. The number of hydrogen-bond donors (Lipinski definition) is 1. The first-order chi connectivity index (χ1) is 11.8. The third kappa shape index (κ3) is 5.19. The third-order valence-corrected chi connectivity index (χ3v) is 4.05. The molecule has 136 valence electrons. The van der Waals surface area contributed by atoms with E-state index in [1.165, 1.54) is 0 Å². The van der Waals surface area contributed by atoms with Gasteiger partial charge in [0.2, 0.25) is 0 Å². The topological polar surface area (TPSA) is 42.1 Å². The molecule has 2 N–H and O–H groups in total. The van der Waals surface area contributed by atoms with E-state index in [2.05, 4.69) is 4.98 Å². The van der Waals surface area contributed by atoms with Gasteiger partial charge in [0.05, 0.1) is 0 Å². The zero-order valence-corrected chi connectivity index (χ0v) is 14.9. The van der Waals surface area contributed by atoms with Gasteiger partial charge in [-0.25, -0.2) is 18.2 Å². The van der Waals surface area contributed by atoms with E-state index in [-0.39, 0.29) is 17.5 Å². The van der Waals surface area contributed by atoms with Gasteiger partial charge in [0.15, 0.2) is 11.6 Å². The van der Waals surface area contributed by atoms with Gasteiger partial charge in [0, 0.05) is 11.3 Å². The Hall–Kier alpha value is -2.08. The van der Waals surface area contributed by atoms with E-state index in [9.17, 15) is 13.2 Å². The molecular formula is C19H24F3N3. The van der Waals surface area contributed by atoms with Gasteiger partial charge in [0.25, 0.3) is 0 Å². The van der Waals surface area contributed by atoms with Gasteiger partial charge in [-0.3, -0.25) is 0 Å². The molecule has 0 aliphatic carbocycles. The summed E-state index contributed by atoms with van der Waals surface area (Å²) in [6.07, 6.45) is 1.36. The molecule has 0 saturated heterocycles. The number of aromatic nitrogens is 1. The van der Waals surface area contributed by atoms with E-state index in [4.69, 9.17) is 5.73 Å². The molecule has 1 aromatic carbocycles. The molecule has 1 aromatic heterocycles. The fourth-order valence-corrected chi connectivity index (χ4v) is 2.85. The molecular weight excluding hydrogens is 327 g/mol. The van der Waals surface area contributed by atoms with Crippen LogP contribution in [0.1, 0.15) is 28.8 Å². The maximum atomic E-state index is 14.6. The summed E-state index contributed by atoms with van der Waals surface area (Å²) < 4.78 is 42.6. The minimum absolute atomic E-state index is 0.0337. The van der Waals surface area contributed by atoms with Crippen molar-refractivity contribution in [3.63, 3.8) is 0 Å². The molecule has 2 aromatic rings. The van der Waals surface area contributed by atoms with E-state index in [0.717, 1.165) is 18.2 Å². The second kappa shape index (κ2) is 8.34. The summed E-state index contributed by atoms with van der Waals surface area (Å²) in [5, 5.41) is 0. The molecule has 0 spiro atoms. The Bertz CT molecular complexity index is 725. The van der Waals surface area contributed by atoms with Crippen molar-refractivity contribution >= 4 is 5.82 Å². The van der Waals surface area contributed by atoms with Gasteiger partial charge in [-0.05, 0) is 82.6 Å². The number of anilines is 1. The van der Waals surface area contributed by atoms with Crippen LogP contribution in [0.15, 0.2) is 18.2 Å². The van der Waals surface area contributed by atoms with Gasteiger partial charge in [-0.1, -0.05) is 0 Å². The highest BCUT2D eigenvalue weighted by molar-refractivity contribution is 5.35. The van der Waals surface area contributed by atoms with Crippen molar-refractivity contribution in [2.24, 2.45) is 0 Å². The molecule has 25 heavy (non-hydrogen) atoms. The fraction of sp³-hybridized carbons (Fsp3) is 0.421. The molecule has 6 heteroatoms. The van der Waals surface area contributed by atoms with Crippen LogP contribution < -0.4 is 5.73 Å². The average Bonchev–Trinajstić information content (AvgIpc) is 2.51. The SMILES string of the molecule is Cc1cc(N)nc(CCc2c(F)c(F)cc(CCCN(C)C)c2F)c1. The molecule has 0 saturated carbocycles. The zero-order valence-electron chi connectivity index (χ0n) is 14.9. The number of nitrogen functional groups attached to an aromatic ring is 1. The Morgan fingerprint density at radius 1 is 1.00 bits per heavy atom. The second-order valence-corrected chi connectivity index (χ2v) is 6.59. The van der Waals surface area contributed by atoms with Crippen LogP contribution >= 0.6 is 0 Å². The van der Waals surface area contributed by atoms with Crippen molar-refractivity contribution < 1.29 is 13.2 Å². The lowest BCUT2D eigenvalue weighted by Crippen LogP contribution is -2.14. The highest BCUT2D eigenvalue weighted by Gasteiger charge is 2.18. The molecule has 0 aliphatic heterocycles. The number of hydrogen-bond acceptors (Lipinski definition) is 3. The fourth-order valence-electron chi connectivity index (χ4n) is 2.85. The highest BCUT2D eigenvalue weighted by atomic mass is 19.2. The molecule has 1 heterocycles. The average molecular weight is 351 g/mol. The third-order valence-electron chi connectivity index (χ3n) is 4.05. The van der Waals surface area contributed by atoms with Gasteiger partial charge in [-0.2, -0.15) is 0 Å².